The number of aromatic carboxylic acids is 1. The number of hydrogen-bond acceptors (Lipinski definition) is 3. The third-order valence-electron chi connectivity index (χ3n) is 3.78. The highest BCUT2D eigenvalue weighted by molar-refractivity contribution is 6.31. The third kappa shape index (κ3) is 2.88. The van der Waals surface area contributed by atoms with Crippen molar-refractivity contribution < 1.29 is 14.7 Å². The molecule has 1 aliphatic rings. The van der Waals surface area contributed by atoms with Crippen LogP contribution in [0.3, 0.4) is 0 Å². The first-order valence-electron chi connectivity index (χ1n) is 6.49. The predicted molar refractivity (Wildman–Crippen MR) is 77.1 cm³/mol. The van der Waals surface area contributed by atoms with Gasteiger partial charge in [0.05, 0.1) is 17.2 Å². The highest BCUT2D eigenvalue weighted by Gasteiger charge is 2.30. The van der Waals surface area contributed by atoms with Crippen LogP contribution in [-0.4, -0.2) is 29.6 Å². The van der Waals surface area contributed by atoms with E-state index in [4.69, 9.17) is 17.3 Å². The number of primary amides is 1. The molecule has 0 bridgehead atoms. The van der Waals surface area contributed by atoms with Crippen molar-refractivity contribution in [2.75, 3.05) is 11.4 Å². The highest BCUT2D eigenvalue weighted by atomic mass is 35.5. The molecule has 0 aromatic heterocycles. The van der Waals surface area contributed by atoms with Crippen LogP contribution in [0.2, 0.25) is 5.02 Å². The van der Waals surface area contributed by atoms with E-state index in [0.29, 0.717) is 17.3 Å². The van der Waals surface area contributed by atoms with E-state index in [2.05, 4.69) is 0 Å². The summed E-state index contributed by atoms with van der Waals surface area (Å²) >= 11 is 5.86. The molecule has 1 fully saturated rings. The zero-order valence-corrected chi connectivity index (χ0v) is 11.9. The lowest BCUT2D eigenvalue weighted by atomic mass is 9.92. The van der Waals surface area contributed by atoms with Crippen LogP contribution in [0.15, 0.2) is 18.2 Å². The first-order valence-corrected chi connectivity index (χ1v) is 6.86. The first-order chi connectivity index (χ1) is 9.40. The second kappa shape index (κ2) is 5.71. The van der Waals surface area contributed by atoms with Crippen molar-refractivity contribution in [1.82, 2.24) is 0 Å². The van der Waals surface area contributed by atoms with Gasteiger partial charge < -0.3 is 15.7 Å². The molecule has 1 aromatic carbocycles. The van der Waals surface area contributed by atoms with E-state index < -0.39 is 5.97 Å². The molecular formula is C14H17ClN2O3. The summed E-state index contributed by atoms with van der Waals surface area (Å²) in [7, 11) is 0. The van der Waals surface area contributed by atoms with Crippen molar-refractivity contribution >= 4 is 29.2 Å². The number of halogens is 1. The van der Waals surface area contributed by atoms with Crippen LogP contribution in [0.4, 0.5) is 5.69 Å². The van der Waals surface area contributed by atoms with Gasteiger partial charge in [0, 0.05) is 17.6 Å². The van der Waals surface area contributed by atoms with Crippen molar-refractivity contribution in [1.29, 1.82) is 0 Å². The SMILES string of the molecule is CC1CCC(C(N)=O)CN1c1ccc(Cl)cc1C(=O)O. The highest BCUT2D eigenvalue weighted by Crippen LogP contribution is 2.31. The third-order valence-corrected chi connectivity index (χ3v) is 4.02. The van der Waals surface area contributed by atoms with Crippen molar-refractivity contribution in [2.24, 2.45) is 11.7 Å². The van der Waals surface area contributed by atoms with Crippen molar-refractivity contribution in [2.45, 2.75) is 25.8 Å². The van der Waals surface area contributed by atoms with Gasteiger partial charge in [-0.1, -0.05) is 11.6 Å². The minimum atomic E-state index is -1.03. The van der Waals surface area contributed by atoms with Crippen LogP contribution >= 0.6 is 11.6 Å². The molecule has 1 amide bonds. The zero-order valence-electron chi connectivity index (χ0n) is 11.2. The fourth-order valence-electron chi connectivity index (χ4n) is 2.60. The number of benzene rings is 1. The summed E-state index contributed by atoms with van der Waals surface area (Å²) < 4.78 is 0. The van der Waals surface area contributed by atoms with Crippen molar-refractivity contribution in [3.8, 4) is 0 Å². The molecule has 1 saturated heterocycles. The van der Waals surface area contributed by atoms with Gasteiger partial charge in [-0.3, -0.25) is 4.79 Å². The quantitative estimate of drug-likeness (QED) is 0.895. The molecule has 2 unspecified atom stereocenters. The normalized spacial score (nSPS) is 22.6. The van der Waals surface area contributed by atoms with Crippen molar-refractivity contribution in [3.05, 3.63) is 28.8 Å². The fourth-order valence-corrected chi connectivity index (χ4v) is 2.78. The summed E-state index contributed by atoms with van der Waals surface area (Å²) in [5.41, 5.74) is 6.10. The molecule has 1 aromatic rings. The number of carbonyl (C=O) groups is 2. The van der Waals surface area contributed by atoms with E-state index in [0.717, 1.165) is 12.8 Å². The number of nitrogens with two attached hydrogens (primary N) is 1. The molecule has 2 atom stereocenters. The Morgan fingerprint density at radius 2 is 2.10 bits per heavy atom. The van der Waals surface area contributed by atoms with Crippen LogP contribution in [0.5, 0.6) is 0 Å². The summed E-state index contributed by atoms with van der Waals surface area (Å²) in [6.07, 6.45) is 1.54. The summed E-state index contributed by atoms with van der Waals surface area (Å²) in [6, 6.07) is 4.93. The van der Waals surface area contributed by atoms with Gasteiger partial charge in [-0.25, -0.2) is 4.79 Å². The number of rotatable bonds is 3. The molecule has 0 radical (unpaired) electrons. The molecule has 1 aliphatic heterocycles. The van der Waals surface area contributed by atoms with Gasteiger partial charge >= 0.3 is 5.97 Å². The van der Waals surface area contributed by atoms with Crippen molar-refractivity contribution in [3.63, 3.8) is 0 Å². The number of carbonyl (C=O) groups excluding carboxylic acids is 1. The molecule has 108 valence electrons. The number of carboxylic acids is 1. The Morgan fingerprint density at radius 3 is 2.70 bits per heavy atom. The van der Waals surface area contributed by atoms with E-state index in [-0.39, 0.29) is 23.4 Å². The Labute approximate surface area is 122 Å². The Hall–Kier alpha value is -1.75. The summed E-state index contributed by atoms with van der Waals surface area (Å²) in [5, 5.41) is 9.68. The smallest absolute Gasteiger partial charge is 0.337 e. The second-order valence-electron chi connectivity index (χ2n) is 5.14. The van der Waals surface area contributed by atoms with Crippen LogP contribution in [-0.2, 0) is 4.79 Å². The topological polar surface area (TPSA) is 83.6 Å². The van der Waals surface area contributed by atoms with Crippen LogP contribution in [0.1, 0.15) is 30.1 Å². The average Bonchev–Trinajstić information content (AvgIpc) is 2.39. The van der Waals surface area contributed by atoms with Gasteiger partial charge in [-0.2, -0.15) is 0 Å². The van der Waals surface area contributed by atoms with E-state index in [1.165, 1.54) is 6.07 Å². The molecule has 0 saturated carbocycles. The number of hydrogen-bond donors (Lipinski definition) is 2. The molecule has 2 rings (SSSR count). The van der Waals surface area contributed by atoms with Crippen LogP contribution < -0.4 is 10.6 Å². The standard InChI is InChI=1S/C14H17ClN2O3/c1-8-2-3-9(13(16)18)7-17(8)12-5-4-10(15)6-11(12)14(19)20/h4-6,8-9H,2-3,7H2,1H3,(H2,16,18)(H,19,20). The largest absolute Gasteiger partial charge is 0.478 e. The Bertz CT molecular complexity index is 547. The van der Waals surface area contributed by atoms with Gasteiger partial charge in [0.25, 0.3) is 0 Å². The summed E-state index contributed by atoms with van der Waals surface area (Å²) in [6.45, 7) is 2.45. The number of piperidine rings is 1. The lowest BCUT2D eigenvalue weighted by Gasteiger charge is -2.39. The molecular weight excluding hydrogens is 280 g/mol. The van der Waals surface area contributed by atoms with E-state index >= 15 is 0 Å². The molecule has 5 nitrogen and oxygen atoms in total. The summed E-state index contributed by atoms with van der Waals surface area (Å²) in [5.74, 6) is -1.62. The second-order valence-corrected chi connectivity index (χ2v) is 5.58. The number of anilines is 1. The van der Waals surface area contributed by atoms with Crippen LogP contribution in [0.25, 0.3) is 0 Å². The number of nitrogens with zero attached hydrogens (tertiary/aromatic N) is 1. The van der Waals surface area contributed by atoms with Gasteiger partial charge in [0.1, 0.15) is 0 Å². The van der Waals surface area contributed by atoms with Crippen LogP contribution in [0, 0.1) is 5.92 Å². The predicted octanol–water partition coefficient (Wildman–Crippen LogP) is 2.13. The molecule has 0 aliphatic carbocycles. The molecule has 6 heteroatoms. The Morgan fingerprint density at radius 1 is 1.40 bits per heavy atom. The van der Waals surface area contributed by atoms with Gasteiger partial charge in [0.2, 0.25) is 5.91 Å². The first kappa shape index (κ1) is 14.7. The van der Waals surface area contributed by atoms with Gasteiger partial charge in [-0.15, -0.1) is 0 Å². The minimum Gasteiger partial charge on any atom is -0.478 e. The maximum atomic E-state index is 11.4. The van der Waals surface area contributed by atoms with Gasteiger partial charge in [0.15, 0.2) is 0 Å². The maximum Gasteiger partial charge on any atom is 0.337 e. The molecule has 1 heterocycles. The zero-order chi connectivity index (χ0) is 14.9. The number of amides is 1. The lowest BCUT2D eigenvalue weighted by molar-refractivity contribution is -0.122. The Balaban J connectivity index is 2.38. The van der Waals surface area contributed by atoms with E-state index in [9.17, 15) is 14.7 Å². The average molecular weight is 297 g/mol. The monoisotopic (exact) mass is 296 g/mol. The number of carboxylic acid groups (broad SMARTS) is 1. The molecule has 20 heavy (non-hydrogen) atoms. The lowest BCUT2D eigenvalue weighted by Crippen LogP contribution is -2.46. The summed E-state index contributed by atoms with van der Waals surface area (Å²) in [4.78, 5) is 24.7. The Kier molecular flexibility index (Phi) is 4.18. The minimum absolute atomic E-state index is 0.148. The maximum absolute atomic E-state index is 11.4. The molecule has 3 N–H and O–H groups in total. The van der Waals surface area contributed by atoms with Gasteiger partial charge in [-0.05, 0) is 38.0 Å². The molecule has 0 spiro atoms. The van der Waals surface area contributed by atoms with E-state index in [1.807, 2.05) is 11.8 Å². The van der Waals surface area contributed by atoms with E-state index in [1.54, 1.807) is 12.1 Å². The fraction of sp³-hybridized carbons (Fsp3) is 0.429.